The van der Waals surface area contributed by atoms with Gasteiger partial charge in [-0.1, -0.05) is 36.4 Å². The number of urea groups is 1. The van der Waals surface area contributed by atoms with Crippen LogP contribution in [0.5, 0.6) is 0 Å². The maximum absolute atomic E-state index is 12.6. The SMILES string of the molecule is Cc1nn(-c2ccccc2)nc1C(=O)Nc1ccc(NC(=O)Nc2ccccc2)cc1. The minimum atomic E-state index is -0.359. The van der Waals surface area contributed by atoms with Crippen LogP contribution in [-0.2, 0) is 0 Å². The first kappa shape index (κ1) is 19.8. The molecule has 0 spiro atoms. The first-order valence-electron chi connectivity index (χ1n) is 9.62. The van der Waals surface area contributed by atoms with Gasteiger partial charge in [-0.05, 0) is 55.5 Å². The van der Waals surface area contributed by atoms with E-state index in [2.05, 4.69) is 26.1 Å². The number of nitrogens with zero attached hydrogens (tertiary/aromatic N) is 3. The van der Waals surface area contributed by atoms with Crippen LogP contribution in [0.3, 0.4) is 0 Å². The lowest BCUT2D eigenvalue weighted by atomic mass is 10.2. The average Bonchev–Trinajstić information content (AvgIpc) is 3.18. The second-order valence-corrected chi connectivity index (χ2v) is 6.74. The summed E-state index contributed by atoms with van der Waals surface area (Å²) in [6.07, 6.45) is 0. The van der Waals surface area contributed by atoms with Crippen molar-refractivity contribution in [1.82, 2.24) is 15.0 Å². The number of aromatic nitrogens is 3. The molecule has 0 radical (unpaired) electrons. The molecule has 0 aliphatic carbocycles. The summed E-state index contributed by atoms with van der Waals surface area (Å²) >= 11 is 0. The summed E-state index contributed by atoms with van der Waals surface area (Å²) < 4.78 is 0. The summed E-state index contributed by atoms with van der Waals surface area (Å²) in [4.78, 5) is 26.1. The second-order valence-electron chi connectivity index (χ2n) is 6.74. The quantitative estimate of drug-likeness (QED) is 0.450. The summed E-state index contributed by atoms with van der Waals surface area (Å²) in [6, 6.07) is 25.0. The Morgan fingerprint density at radius 1 is 0.677 bits per heavy atom. The third-order valence-electron chi connectivity index (χ3n) is 4.42. The van der Waals surface area contributed by atoms with Crippen molar-refractivity contribution in [1.29, 1.82) is 0 Å². The molecule has 3 aromatic carbocycles. The van der Waals surface area contributed by atoms with E-state index in [0.29, 0.717) is 22.8 Å². The monoisotopic (exact) mass is 412 g/mol. The fraction of sp³-hybridized carbons (Fsp3) is 0.0435. The van der Waals surface area contributed by atoms with Gasteiger partial charge in [0.15, 0.2) is 5.69 Å². The Balaban J connectivity index is 1.38. The molecule has 8 nitrogen and oxygen atoms in total. The van der Waals surface area contributed by atoms with Crippen molar-refractivity contribution >= 4 is 29.0 Å². The van der Waals surface area contributed by atoms with E-state index >= 15 is 0 Å². The second kappa shape index (κ2) is 8.91. The molecule has 0 saturated carbocycles. The van der Waals surface area contributed by atoms with Gasteiger partial charge in [0, 0.05) is 17.1 Å². The van der Waals surface area contributed by atoms with Crippen LogP contribution < -0.4 is 16.0 Å². The Kier molecular flexibility index (Phi) is 5.70. The minimum absolute atomic E-state index is 0.244. The Morgan fingerprint density at radius 3 is 1.81 bits per heavy atom. The van der Waals surface area contributed by atoms with Gasteiger partial charge in [-0.25, -0.2) is 4.79 Å². The predicted molar refractivity (Wildman–Crippen MR) is 120 cm³/mol. The Labute approximate surface area is 178 Å². The summed E-state index contributed by atoms with van der Waals surface area (Å²) in [5.74, 6) is -0.359. The van der Waals surface area contributed by atoms with Crippen LogP contribution in [0.15, 0.2) is 84.9 Å². The van der Waals surface area contributed by atoms with Crippen molar-refractivity contribution in [2.75, 3.05) is 16.0 Å². The van der Waals surface area contributed by atoms with Gasteiger partial charge in [0.05, 0.1) is 11.4 Å². The number of rotatable bonds is 5. The third-order valence-corrected chi connectivity index (χ3v) is 4.42. The molecule has 0 bridgehead atoms. The van der Waals surface area contributed by atoms with E-state index in [1.165, 1.54) is 4.80 Å². The Hall–Kier alpha value is -4.46. The van der Waals surface area contributed by atoms with Gasteiger partial charge in [-0.15, -0.1) is 5.10 Å². The summed E-state index contributed by atoms with van der Waals surface area (Å²) in [6.45, 7) is 1.74. The molecule has 31 heavy (non-hydrogen) atoms. The standard InChI is InChI=1S/C23H20N6O2/c1-16-21(28-29(27-16)20-10-6-3-7-11-20)22(30)24-18-12-14-19(15-13-18)26-23(31)25-17-8-4-2-5-9-17/h2-15H,1H3,(H,24,30)(H2,25,26,31). The molecule has 0 saturated heterocycles. The van der Waals surface area contributed by atoms with Crippen LogP contribution in [0.2, 0.25) is 0 Å². The maximum Gasteiger partial charge on any atom is 0.323 e. The number of benzene rings is 3. The highest BCUT2D eigenvalue weighted by Crippen LogP contribution is 2.16. The molecule has 154 valence electrons. The Morgan fingerprint density at radius 2 is 1.19 bits per heavy atom. The molecule has 0 unspecified atom stereocenters. The summed E-state index contributed by atoms with van der Waals surface area (Å²) in [5.41, 5.74) is 3.41. The van der Waals surface area contributed by atoms with Gasteiger partial charge in [-0.3, -0.25) is 4.79 Å². The number of nitrogens with one attached hydrogen (secondary N) is 3. The normalized spacial score (nSPS) is 10.4. The lowest BCUT2D eigenvalue weighted by molar-refractivity contribution is 0.102. The van der Waals surface area contributed by atoms with Gasteiger partial charge < -0.3 is 16.0 Å². The van der Waals surface area contributed by atoms with E-state index in [4.69, 9.17) is 0 Å². The van der Waals surface area contributed by atoms with Gasteiger partial charge in [0.2, 0.25) is 0 Å². The van der Waals surface area contributed by atoms with Crippen molar-refractivity contribution in [2.45, 2.75) is 6.92 Å². The Bertz CT molecular complexity index is 1190. The van der Waals surface area contributed by atoms with Crippen molar-refractivity contribution in [3.8, 4) is 5.69 Å². The molecule has 3 amide bonds. The van der Waals surface area contributed by atoms with Gasteiger partial charge in [0.25, 0.3) is 5.91 Å². The maximum atomic E-state index is 12.6. The van der Waals surface area contributed by atoms with Crippen LogP contribution in [0.4, 0.5) is 21.9 Å². The molecule has 0 fully saturated rings. The molecule has 4 aromatic rings. The largest absolute Gasteiger partial charge is 0.323 e. The first-order chi connectivity index (χ1) is 15.1. The fourth-order valence-corrected chi connectivity index (χ4v) is 2.91. The van der Waals surface area contributed by atoms with Crippen molar-refractivity contribution in [3.05, 3.63) is 96.3 Å². The van der Waals surface area contributed by atoms with Crippen LogP contribution in [0, 0.1) is 6.92 Å². The van der Waals surface area contributed by atoms with E-state index in [9.17, 15) is 9.59 Å². The molecule has 3 N–H and O–H groups in total. The molecule has 1 aromatic heterocycles. The van der Waals surface area contributed by atoms with Crippen LogP contribution >= 0.6 is 0 Å². The van der Waals surface area contributed by atoms with Crippen molar-refractivity contribution < 1.29 is 9.59 Å². The van der Waals surface area contributed by atoms with Crippen molar-refractivity contribution in [2.24, 2.45) is 0 Å². The van der Waals surface area contributed by atoms with Crippen LogP contribution in [0.25, 0.3) is 5.69 Å². The molecule has 4 rings (SSSR count). The van der Waals surface area contributed by atoms with E-state index in [1.807, 2.05) is 48.5 Å². The highest BCUT2D eigenvalue weighted by Gasteiger charge is 2.16. The third kappa shape index (κ3) is 4.94. The topological polar surface area (TPSA) is 101 Å². The first-order valence-corrected chi connectivity index (χ1v) is 9.62. The molecule has 1 heterocycles. The zero-order valence-electron chi connectivity index (χ0n) is 16.7. The minimum Gasteiger partial charge on any atom is -0.321 e. The average molecular weight is 412 g/mol. The lowest BCUT2D eigenvalue weighted by Gasteiger charge is -2.09. The molecule has 0 aliphatic heterocycles. The number of hydrogen-bond acceptors (Lipinski definition) is 4. The molecule has 0 atom stereocenters. The van der Waals surface area contributed by atoms with Gasteiger partial charge >= 0.3 is 6.03 Å². The number of carbonyl (C=O) groups is 2. The van der Waals surface area contributed by atoms with Gasteiger partial charge in [-0.2, -0.15) is 9.90 Å². The number of para-hydroxylation sites is 2. The zero-order chi connectivity index (χ0) is 21.6. The summed E-state index contributed by atoms with van der Waals surface area (Å²) in [7, 11) is 0. The molecular weight excluding hydrogens is 392 g/mol. The van der Waals surface area contributed by atoms with Gasteiger partial charge in [0.1, 0.15) is 0 Å². The van der Waals surface area contributed by atoms with E-state index in [1.54, 1.807) is 43.3 Å². The number of aryl methyl sites for hydroxylation is 1. The summed E-state index contributed by atoms with van der Waals surface area (Å²) in [5, 5.41) is 16.9. The fourth-order valence-electron chi connectivity index (χ4n) is 2.91. The number of anilines is 3. The predicted octanol–water partition coefficient (Wildman–Crippen LogP) is 4.47. The lowest BCUT2D eigenvalue weighted by Crippen LogP contribution is -2.19. The molecule has 8 heteroatoms. The van der Waals surface area contributed by atoms with E-state index in [0.717, 1.165) is 5.69 Å². The molecule has 0 aliphatic rings. The number of carbonyl (C=O) groups excluding carboxylic acids is 2. The van der Waals surface area contributed by atoms with Crippen molar-refractivity contribution in [3.63, 3.8) is 0 Å². The van der Waals surface area contributed by atoms with E-state index in [-0.39, 0.29) is 17.6 Å². The highest BCUT2D eigenvalue weighted by atomic mass is 16.2. The van der Waals surface area contributed by atoms with E-state index < -0.39 is 0 Å². The smallest absolute Gasteiger partial charge is 0.321 e. The molecular formula is C23H20N6O2. The van der Waals surface area contributed by atoms with Crippen LogP contribution in [-0.4, -0.2) is 26.9 Å². The zero-order valence-corrected chi connectivity index (χ0v) is 16.7. The highest BCUT2D eigenvalue weighted by molar-refractivity contribution is 6.04. The number of amides is 3. The number of hydrogen-bond donors (Lipinski definition) is 3. The van der Waals surface area contributed by atoms with Crippen LogP contribution in [0.1, 0.15) is 16.2 Å².